The fourth-order valence-electron chi connectivity index (χ4n) is 3.45. The Morgan fingerprint density at radius 2 is 1.56 bits per heavy atom. The van der Waals surface area contributed by atoms with Crippen LogP contribution in [0.4, 0.5) is 0 Å². The van der Waals surface area contributed by atoms with Crippen molar-refractivity contribution in [2.75, 3.05) is 13.7 Å². The van der Waals surface area contributed by atoms with Crippen molar-refractivity contribution in [2.24, 2.45) is 0 Å². The SMILES string of the molecule is CCCCCOc1ccc(C=CC(=O)NC(c2ccccc2)c2ccccc2)cc1OC. The molecule has 4 heteroatoms. The predicted octanol–water partition coefficient (Wildman–Crippen LogP) is 6.18. The van der Waals surface area contributed by atoms with Crippen molar-refractivity contribution in [2.45, 2.75) is 32.2 Å². The van der Waals surface area contributed by atoms with Gasteiger partial charge in [-0.15, -0.1) is 0 Å². The van der Waals surface area contributed by atoms with Gasteiger partial charge in [-0.3, -0.25) is 4.79 Å². The number of ether oxygens (including phenoxy) is 2. The normalized spacial score (nSPS) is 11.0. The average molecular weight is 430 g/mol. The largest absolute Gasteiger partial charge is 0.493 e. The van der Waals surface area contributed by atoms with Gasteiger partial charge < -0.3 is 14.8 Å². The molecule has 0 aliphatic carbocycles. The van der Waals surface area contributed by atoms with Gasteiger partial charge in [-0.25, -0.2) is 0 Å². The van der Waals surface area contributed by atoms with Gasteiger partial charge in [0.2, 0.25) is 5.91 Å². The first-order chi connectivity index (χ1) is 15.7. The van der Waals surface area contributed by atoms with Crippen LogP contribution in [-0.2, 0) is 4.79 Å². The molecule has 0 radical (unpaired) electrons. The lowest BCUT2D eigenvalue weighted by Crippen LogP contribution is -2.27. The van der Waals surface area contributed by atoms with Gasteiger partial charge in [0.25, 0.3) is 0 Å². The summed E-state index contributed by atoms with van der Waals surface area (Å²) in [5, 5.41) is 3.12. The number of amides is 1. The molecule has 0 fully saturated rings. The Kier molecular flexibility index (Phi) is 8.93. The van der Waals surface area contributed by atoms with Crippen LogP contribution in [0, 0.1) is 0 Å². The van der Waals surface area contributed by atoms with Crippen molar-refractivity contribution < 1.29 is 14.3 Å². The average Bonchev–Trinajstić information content (AvgIpc) is 2.85. The second-order valence-corrected chi connectivity index (χ2v) is 7.56. The lowest BCUT2D eigenvalue weighted by Gasteiger charge is -2.19. The molecule has 3 aromatic rings. The van der Waals surface area contributed by atoms with Crippen LogP contribution in [0.2, 0.25) is 0 Å². The summed E-state index contributed by atoms with van der Waals surface area (Å²) in [6, 6.07) is 25.4. The summed E-state index contributed by atoms with van der Waals surface area (Å²) in [7, 11) is 1.62. The van der Waals surface area contributed by atoms with Gasteiger partial charge in [-0.1, -0.05) is 86.5 Å². The lowest BCUT2D eigenvalue weighted by atomic mass is 9.98. The van der Waals surface area contributed by atoms with Gasteiger partial charge in [0.05, 0.1) is 19.8 Å². The van der Waals surface area contributed by atoms with Crippen LogP contribution in [0.15, 0.2) is 84.9 Å². The highest BCUT2D eigenvalue weighted by atomic mass is 16.5. The molecule has 32 heavy (non-hydrogen) atoms. The second kappa shape index (κ2) is 12.4. The first-order valence-electron chi connectivity index (χ1n) is 11.1. The molecule has 3 rings (SSSR count). The molecule has 0 bridgehead atoms. The molecular weight excluding hydrogens is 398 g/mol. The number of rotatable bonds is 11. The summed E-state index contributed by atoms with van der Waals surface area (Å²) in [6.07, 6.45) is 6.65. The molecule has 1 N–H and O–H groups in total. The number of hydrogen-bond donors (Lipinski definition) is 1. The highest BCUT2D eigenvalue weighted by Crippen LogP contribution is 2.29. The van der Waals surface area contributed by atoms with Crippen molar-refractivity contribution >= 4 is 12.0 Å². The Morgan fingerprint density at radius 3 is 2.16 bits per heavy atom. The summed E-state index contributed by atoms with van der Waals surface area (Å²) in [5.74, 6) is 1.22. The number of nitrogens with one attached hydrogen (secondary N) is 1. The highest BCUT2D eigenvalue weighted by Gasteiger charge is 2.15. The minimum Gasteiger partial charge on any atom is -0.493 e. The second-order valence-electron chi connectivity index (χ2n) is 7.56. The Balaban J connectivity index is 1.69. The summed E-state index contributed by atoms with van der Waals surface area (Å²) in [4.78, 5) is 12.7. The van der Waals surface area contributed by atoms with Crippen LogP contribution in [0.5, 0.6) is 11.5 Å². The van der Waals surface area contributed by atoms with E-state index in [1.807, 2.05) is 78.9 Å². The van der Waals surface area contributed by atoms with Gasteiger partial charge in [0.15, 0.2) is 11.5 Å². The van der Waals surface area contributed by atoms with Crippen molar-refractivity contribution in [3.8, 4) is 11.5 Å². The van der Waals surface area contributed by atoms with E-state index >= 15 is 0 Å². The van der Waals surface area contributed by atoms with E-state index in [0.29, 0.717) is 12.4 Å². The number of carbonyl (C=O) groups is 1. The summed E-state index contributed by atoms with van der Waals surface area (Å²) in [5.41, 5.74) is 2.94. The maximum Gasteiger partial charge on any atom is 0.244 e. The number of benzene rings is 3. The Hall–Kier alpha value is -3.53. The first kappa shape index (κ1) is 23.1. The van der Waals surface area contributed by atoms with Crippen LogP contribution >= 0.6 is 0 Å². The van der Waals surface area contributed by atoms with E-state index in [-0.39, 0.29) is 11.9 Å². The minimum absolute atomic E-state index is 0.165. The smallest absolute Gasteiger partial charge is 0.244 e. The van der Waals surface area contributed by atoms with E-state index in [1.54, 1.807) is 19.3 Å². The first-order valence-corrected chi connectivity index (χ1v) is 11.1. The number of unbranched alkanes of at least 4 members (excludes halogenated alkanes) is 2. The number of methoxy groups -OCH3 is 1. The third kappa shape index (κ3) is 6.74. The molecule has 0 aromatic heterocycles. The van der Waals surface area contributed by atoms with E-state index in [0.717, 1.165) is 41.7 Å². The molecular formula is C28H31NO3. The molecule has 0 heterocycles. The molecule has 4 nitrogen and oxygen atoms in total. The minimum atomic E-state index is -0.219. The molecule has 0 saturated carbocycles. The zero-order valence-electron chi connectivity index (χ0n) is 18.8. The lowest BCUT2D eigenvalue weighted by molar-refractivity contribution is -0.116. The predicted molar refractivity (Wildman–Crippen MR) is 130 cm³/mol. The fraction of sp³-hybridized carbons (Fsp3) is 0.250. The molecule has 166 valence electrons. The third-order valence-electron chi connectivity index (χ3n) is 5.17. The Bertz CT molecular complexity index is 960. The quantitative estimate of drug-likeness (QED) is 0.292. The topological polar surface area (TPSA) is 47.6 Å². The molecule has 0 aliphatic heterocycles. The number of hydrogen-bond acceptors (Lipinski definition) is 3. The van der Waals surface area contributed by atoms with E-state index in [4.69, 9.17) is 9.47 Å². The maximum atomic E-state index is 12.7. The highest BCUT2D eigenvalue weighted by molar-refractivity contribution is 5.92. The van der Waals surface area contributed by atoms with E-state index in [1.165, 1.54) is 0 Å². The number of carbonyl (C=O) groups excluding carboxylic acids is 1. The third-order valence-corrected chi connectivity index (χ3v) is 5.17. The van der Waals surface area contributed by atoms with Crippen LogP contribution in [-0.4, -0.2) is 19.6 Å². The molecule has 1 amide bonds. The standard InChI is InChI=1S/C28H31NO3/c1-3-4-11-20-32-25-18-16-22(21-26(25)31-2)17-19-27(30)29-28(23-12-7-5-8-13-23)24-14-9-6-10-15-24/h5-10,12-19,21,28H,3-4,11,20H2,1-2H3,(H,29,30). The zero-order chi connectivity index (χ0) is 22.6. The van der Waals surface area contributed by atoms with Gasteiger partial charge in [0, 0.05) is 6.08 Å². The molecule has 0 unspecified atom stereocenters. The van der Waals surface area contributed by atoms with E-state index in [9.17, 15) is 4.79 Å². The van der Waals surface area contributed by atoms with E-state index in [2.05, 4.69) is 12.2 Å². The fourth-order valence-corrected chi connectivity index (χ4v) is 3.45. The molecule has 3 aromatic carbocycles. The molecule has 0 aliphatic rings. The van der Waals surface area contributed by atoms with Gasteiger partial charge in [-0.05, 0) is 41.3 Å². The Labute approximate surface area is 190 Å². The van der Waals surface area contributed by atoms with Crippen LogP contribution in [0.1, 0.15) is 48.9 Å². The Morgan fingerprint density at radius 1 is 0.906 bits per heavy atom. The van der Waals surface area contributed by atoms with Crippen LogP contribution < -0.4 is 14.8 Å². The van der Waals surface area contributed by atoms with Gasteiger partial charge in [-0.2, -0.15) is 0 Å². The van der Waals surface area contributed by atoms with Crippen molar-refractivity contribution in [3.63, 3.8) is 0 Å². The zero-order valence-corrected chi connectivity index (χ0v) is 18.8. The molecule has 0 spiro atoms. The van der Waals surface area contributed by atoms with Crippen LogP contribution in [0.3, 0.4) is 0 Å². The van der Waals surface area contributed by atoms with Crippen molar-refractivity contribution in [3.05, 3.63) is 102 Å². The monoisotopic (exact) mass is 429 g/mol. The summed E-state index contributed by atoms with van der Waals surface area (Å²) in [6.45, 7) is 2.84. The van der Waals surface area contributed by atoms with Crippen LogP contribution in [0.25, 0.3) is 6.08 Å². The van der Waals surface area contributed by atoms with Gasteiger partial charge in [0.1, 0.15) is 0 Å². The molecule has 0 saturated heterocycles. The van der Waals surface area contributed by atoms with Crippen molar-refractivity contribution in [1.82, 2.24) is 5.32 Å². The van der Waals surface area contributed by atoms with Gasteiger partial charge >= 0.3 is 0 Å². The summed E-state index contributed by atoms with van der Waals surface area (Å²) >= 11 is 0. The maximum absolute atomic E-state index is 12.7. The van der Waals surface area contributed by atoms with Crippen molar-refractivity contribution in [1.29, 1.82) is 0 Å². The summed E-state index contributed by atoms with van der Waals surface area (Å²) < 4.78 is 11.3. The molecule has 0 atom stereocenters. The van der Waals surface area contributed by atoms with E-state index < -0.39 is 0 Å².